The molecule has 23 heavy (non-hydrogen) atoms. The topological polar surface area (TPSA) is 49.3 Å². The minimum absolute atomic E-state index is 0.173. The fraction of sp³-hybridized carbons (Fsp3) is 0.211. The van der Waals surface area contributed by atoms with Crippen molar-refractivity contribution in [3.63, 3.8) is 0 Å². The number of aromatic carboxylic acids is 1. The summed E-state index contributed by atoms with van der Waals surface area (Å²) in [6.07, 6.45) is 5.50. The predicted octanol–water partition coefficient (Wildman–Crippen LogP) is 4.86. The first-order valence-corrected chi connectivity index (χ1v) is 8.07. The van der Waals surface area contributed by atoms with Crippen molar-refractivity contribution in [2.24, 2.45) is 5.92 Å². The average molecular weight is 326 g/mol. The van der Waals surface area contributed by atoms with Crippen LogP contribution in [0, 0.1) is 5.92 Å². The average Bonchev–Trinajstić information content (AvgIpc) is 3.04. The van der Waals surface area contributed by atoms with Crippen LogP contribution in [0.5, 0.6) is 0 Å². The Labute approximate surface area is 139 Å². The molecule has 3 atom stereocenters. The first kappa shape index (κ1) is 14.3. The molecule has 116 valence electrons. The molecule has 0 saturated heterocycles. The van der Waals surface area contributed by atoms with Crippen LogP contribution < -0.4 is 5.32 Å². The van der Waals surface area contributed by atoms with Gasteiger partial charge in [-0.1, -0.05) is 35.9 Å². The van der Waals surface area contributed by atoms with Crippen LogP contribution in [0.3, 0.4) is 0 Å². The second-order valence-corrected chi connectivity index (χ2v) is 6.57. The molecule has 0 radical (unpaired) electrons. The van der Waals surface area contributed by atoms with E-state index in [-0.39, 0.29) is 6.04 Å². The third-order valence-corrected chi connectivity index (χ3v) is 5.08. The van der Waals surface area contributed by atoms with E-state index in [4.69, 9.17) is 16.7 Å². The Kier molecular flexibility index (Phi) is 3.38. The van der Waals surface area contributed by atoms with Gasteiger partial charge >= 0.3 is 5.97 Å². The highest BCUT2D eigenvalue weighted by molar-refractivity contribution is 6.30. The maximum atomic E-state index is 11.0. The molecular weight excluding hydrogens is 310 g/mol. The maximum Gasteiger partial charge on any atom is 0.335 e. The number of anilines is 1. The van der Waals surface area contributed by atoms with Crippen LogP contribution >= 0.6 is 11.6 Å². The van der Waals surface area contributed by atoms with Gasteiger partial charge in [0.05, 0.1) is 11.6 Å². The number of carboxylic acids is 1. The second-order valence-electron chi connectivity index (χ2n) is 6.13. The lowest BCUT2D eigenvalue weighted by atomic mass is 9.77. The summed E-state index contributed by atoms with van der Waals surface area (Å²) in [4.78, 5) is 11.0. The fourth-order valence-corrected chi connectivity index (χ4v) is 3.91. The van der Waals surface area contributed by atoms with Crippen LogP contribution in [-0.2, 0) is 0 Å². The monoisotopic (exact) mass is 325 g/mol. The van der Waals surface area contributed by atoms with Crippen molar-refractivity contribution in [1.82, 2.24) is 0 Å². The summed E-state index contributed by atoms with van der Waals surface area (Å²) < 4.78 is 0. The summed E-state index contributed by atoms with van der Waals surface area (Å²) in [5.41, 5.74) is 3.79. The Morgan fingerprint density at radius 3 is 2.70 bits per heavy atom. The third-order valence-electron chi connectivity index (χ3n) is 4.84. The summed E-state index contributed by atoms with van der Waals surface area (Å²) in [6, 6.07) is 13.3. The zero-order valence-corrected chi connectivity index (χ0v) is 13.1. The lowest BCUT2D eigenvalue weighted by molar-refractivity contribution is 0.0697. The van der Waals surface area contributed by atoms with Crippen molar-refractivity contribution in [2.75, 3.05) is 5.32 Å². The number of fused-ring (bicyclic) bond motifs is 3. The van der Waals surface area contributed by atoms with E-state index in [2.05, 4.69) is 17.5 Å². The Morgan fingerprint density at radius 2 is 1.96 bits per heavy atom. The summed E-state index contributed by atoms with van der Waals surface area (Å²) in [6.45, 7) is 0. The molecule has 1 aliphatic carbocycles. The third kappa shape index (κ3) is 2.41. The zero-order chi connectivity index (χ0) is 16.0. The number of allylic oxidation sites excluding steroid dienone is 2. The molecule has 0 bridgehead atoms. The molecule has 0 saturated carbocycles. The molecule has 2 N–H and O–H groups in total. The molecule has 0 fully saturated rings. The fourth-order valence-electron chi connectivity index (χ4n) is 3.73. The van der Waals surface area contributed by atoms with Gasteiger partial charge in [-0.2, -0.15) is 0 Å². The van der Waals surface area contributed by atoms with Gasteiger partial charge in [-0.05, 0) is 53.8 Å². The van der Waals surface area contributed by atoms with E-state index >= 15 is 0 Å². The lowest BCUT2D eigenvalue weighted by Gasteiger charge is -2.37. The zero-order valence-electron chi connectivity index (χ0n) is 12.4. The van der Waals surface area contributed by atoms with Gasteiger partial charge in [0.1, 0.15) is 0 Å². The largest absolute Gasteiger partial charge is 0.478 e. The van der Waals surface area contributed by atoms with Crippen molar-refractivity contribution < 1.29 is 9.90 Å². The summed E-state index contributed by atoms with van der Waals surface area (Å²) in [5.74, 6) is -0.112. The van der Waals surface area contributed by atoms with Gasteiger partial charge in [-0.15, -0.1) is 0 Å². The van der Waals surface area contributed by atoms with E-state index in [0.717, 1.165) is 22.7 Å². The molecule has 2 aliphatic rings. The van der Waals surface area contributed by atoms with E-state index in [1.165, 1.54) is 5.56 Å². The lowest BCUT2D eigenvalue weighted by Crippen LogP contribution is -2.29. The van der Waals surface area contributed by atoms with Gasteiger partial charge in [0, 0.05) is 16.6 Å². The summed E-state index contributed by atoms with van der Waals surface area (Å²) in [7, 11) is 0. The van der Waals surface area contributed by atoms with Gasteiger partial charge in [0.2, 0.25) is 0 Å². The molecular formula is C19H16ClNO2. The molecule has 0 amide bonds. The molecule has 2 aromatic rings. The van der Waals surface area contributed by atoms with Crippen LogP contribution in [0.1, 0.15) is 39.9 Å². The number of carbonyl (C=O) groups is 1. The first-order chi connectivity index (χ1) is 11.1. The minimum atomic E-state index is -0.895. The van der Waals surface area contributed by atoms with Crippen molar-refractivity contribution in [2.45, 2.75) is 18.4 Å². The van der Waals surface area contributed by atoms with Crippen molar-refractivity contribution >= 4 is 23.3 Å². The molecule has 2 aromatic carbocycles. The van der Waals surface area contributed by atoms with Gasteiger partial charge in [0.25, 0.3) is 0 Å². The highest BCUT2D eigenvalue weighted by Crippen LogP contribution is 2.50. The first-order valence-electron chi connectivity index (χ1n) is 7.69. The van der Waals surface area contributed by atoms with Crippen molar-refractivity contribution in [1.29, 1.82) is 0 Å². The minimum Gasteiger partial charge on any atom is -0.478 e. The number of nitrogens with one attached hydrogen (secondary N) is 1. The number of halogens is 1. The van der Waals surface area contributed by atoms with Gasteiger partial charge < -0.3 is 10.4 Å². The number of hydrogen-bond acceptors (Lipinski definition) is 2. The molecule has 4 rings (SSSR count). The standard InChI is InChI=1S/C19H16ClNO2/c20-13-8-9-17-16(10-13)14-2-1-3-15(14)18(21-17)11-4-6-12(7-5-11)19(22)23/h1-2,4-10,14-15,18,21H,3H2,(H,22,23)/t14-,15-,18-/m1/s1. The van der Waals surface area contributed by atoms with E-state index in [9.17, 15) is 4.79 Å². The van der Waals surface area contributed by atoms with Crippen molar-refractivity contribution in [3.8, 4) is 0 Å². The Morgan fingerprint density at radius 1 is 1.17 bits per heavy atom. The van der Waals surface area contributed by atoms with E-state index < -0.39 is 5.97 Å². The number of rotatable bonds is 2. The van der Waals surface area contributed by atoms with Crippen LogP contribution in [0.2, 0.25) is 5.02 Å². The smallest absolute Gasteiger partial charge is 0.335 e. The second kappa shape index (κ2) is 5.43. The number of carboxylic acid groups (broad SMARTS) is 1. The normalized spacial score (nSPS) is 24.7. The van der Waals surface area contributed by atoms with Crippen LogP contribution in [0.15, 0.2) is 54.6 Å². The number of hydrogen-bond donors (Lipinski definition) is 2. The highest BCUT2D eigenvalue weighted by Gasteiger charge is 2.37. The summed E-state index contributed by atoms with van der Waals surface area (Å²) >= 11 is 6.16. The Balaban J connectivity index is 1.73. The Bertz CT molecular complexity index is 798. The molecule has 3 nitrogen and oxygen atoms in total. The van der Waals surface area contributed by atoms with Gasteiger partial charge in [-0.25, -0.2) is 4.79 Å². The quantitative estimate of drug-likeness (QED) is 0.775. The number of benzene rings is 2. The molecule has 1 heterocycles. The molecule has 0 unspecified atom stereocenters. The van der Waals surface area contributed by atoms with E-state index in [1.54, 1.807) is 12.1 Å². The van der Waals surface area contributed by atoms with Crippen LogP contribution in [0.4, 0.5) is 5.69 Å². The van der Waals surface area contributed by atoms with Crippen LogP contribution in [0.25, 0.3) is 0 Å². The molecule has 4 heteroatoms. The van der Waals surface area contributed by atoms with Gasteiger partial charge in [0.15, 0.2) is 0 Å². The highest BCUT2D eigenvalue weighted by atomic mass is 35.5. The summed E-state index contributed by atoms with van der Waals surface area (Å²) in [5, 5.41) is 13.4. The molecule has 0 aromatic heterocycles. The maximum absolute atomic E-state index is 11.0. The van der Waals surface area contributed by atoms with E-state index in [0.29, 0.717) is 17.4 Å². The Hall–Kier alpha value is -2.26. The molecule has 1 aliphatic heterocycles. The van der Waals surface area contributed by atoms with Crippen molar-refractivity contribution in [3.05, 3.63) is 76.3 Å². The predicted molar refractivity (Wildman–Crippen MR) is 91.2 cm³/mol. The van der Waals surface area contributed by atoms with Crippen LogP contribution in [-0.4, -0.2) is 11.1 Å². The van der Waals surface area contributed by atoms with Gasteiger partial charge in [-0.3, -0.25) is 0 Å². The van der Waals surface area contributed by atoms with E-state index in [1.807, 2.05) is 30.3 Å². The molecule has 0 spiro atoms. The SMILES string of the molecule is O=C(O)c1ccc([C@H]2Nc3ccc(Cl)cc3[C@@H]3C=CC[C@@H]23)cc1.